The van der Waals surface area contributed by atoms with Crippen LogP contribution in [-0.2, 0) is 6.42 Å². The van der Waals surface area contributed by atoms with Gasteiger partial charge in [0, 0.05) is 0 Å². The van der Waals surface area contributed by atoms with E-state index in [0.29, 0.717) is 29.4 Å². The maximum atomic E-state index is 9.65. The average molecular weight is 370 g/mol. The molecular formula is C22H26O5. The Morgan fingerprint density at radius 3 is 2.00 bits per heavy atom. The fourth-order valence-electron chi connectivity index (χ4n) is 2.66. The number of hydrogen-bond donors (Lipinski definition) is 1. The standard InChI is InChI=1S/C22H26O5/c1-24-19-10-8-16(13-21(19)26-3)6-5-7-18(15-23)12-17-9-11-20(25-2)22(14-17)27-4/h5,7-14,23H,6,15H2,1-4H3/b7-5+,18-12-. The minimum Gasteiger partial charge on any atom is -0.493 e. The summed E-state index contributed by atoms with van der Waals surface area (Å²) in [5.41, 5.74) is 2.81. The van der Waals surface area contributed by atoms with E-state index >= 15 is 0 Å². The number of rotatable bonds is 9. The Morgan fingerprint density at radius 2 is 1.41 bits per heavy atom. The van der Waals surface area contributed by atoms with Crippen LogP contribution in [0.15, 0.2) is 54.1 Å². The monoisotopic (exact) mass is 370 g/mol. The van der Waals surface area contributed by atoms with Gasteiger partial charge in [0.25, 0.3) is 0 Å². The summed E-state index contributed by atoms with van der Waals surface area (Å²) in [6.45, 7) is -0.0588. The lowest BCUT2D eigenvalue weighted by Gasteiger charge is -2.09. The summed E-state index contributed by atoms with van der Waals surface area (Å²) >= 11 is 0. The van der Waals surface area contributed by atoms with E-state index in [0.717, 1.165) is 16.7 Å². The minimum absolute atomic E-state index is 0.0588. The van der Waals surface area contributed by atoms with Crippen LogP contribution in [0.4, 0.5) is 0 Å². The first-order chi connectivity index (χ1) is 13.1. The molecule has 2 aromatic carbocycles. The fourth-order valence-corrected chi connectivity index (χ4v) is 2.66. The zero-order valence-electron chi connectivity index (χ0n) is 16.2. The number of allylic oxidation sites excluding steroid dienone is 1. The summed E-state index contributed by atoms with van der Waals surface area (Å²) < 4.78 is 21.1. The highest BCUT2D eigenvalue weighted by Crippen LogP contribution is 2.29. The molecule has 0 saturated heterocycles. The number of aliphatic hydroxyl groups is 1. The van der Waals surface area contributed by atoms with Crippen molar-refractivity contribution in [1.29, 1.82) is 0 Å². The third-order valence-electron chi connectivity index (χ3n) is 4.08. The van der Waals surface area contributed by atoms with Crippen LogP contribution >= 0.6 is 0 Å². The highest BCUT2D eigenvalue weighted by Gasteiger charge is 2.05. The van der Waals surface area contributed by atoms with Crippen molar-refractivity contribution in [2.24, 2.45) is 0 Å². The van der Waals surface area contributed by atoms with Gasteiger partial charge >= 0.3 is 0 Å². The highest BCUT2D eigenvalue weighted by molar-refractivity contribution is 5.60. The van der Waals surface area contributed by atoms with Crippen molar-refractivity contribution in [2.45, 2.75) is 6.42 Å². The summed E-state index contributed by atoms with van der Waals surface area (Å²) in [7, 11) is 6.43. The van der Waals surface area contributed by atoms with Crippen molar-refractivity contribution >= 4 is 6.08 Å². The van der Waals surface area contributed by atoms with Gasteiger partial charge in [-0.15, -0.1) is 0 Å². The molecule has 5 heteroatoms. The van der Waals surface area contributed by atoms with Gasteiger partial charge in [-0.05, 0) is 53.5 Å². The van der Waals surface area contributed by atoms with E-state index in [1.54, 1.807) is 28.4 Å². The summed E-state index contributed by atoms with van der Waals surface area (Å²) in [5, 5.41) is 9.65. The third kappa shape index (κ3) is 5.53. The van der Waals surface area contributed by atoms with Gasteiger partial charge < -0.3 is 24.1 Å². The van der Waals surface area contributed by atoms with Gasteiger partial charge in [0.2, 0.25) is 0 Å². The zero-order valence-corrected chi connectivity index (χ0v) is 16.2. The Kier molecular flexibility index (Phi) is 7.77. The molecule has 0 atom stereocenters. The molecule has 2 rings (SSSR count). The van der Waals surface area contributed by atoms with Crippen molar-refractivity contribution in [3.8, 4) is 23.0 Å². The number of ether oxygens (including phenoxy) is 4. The van der Waals surface area contributed by atoms with Gasteiger partial charge in [-0.1, -0.05) is 24.3 Å². The molecule has 0 radical (unpaired) electrons. The maximum absolute atomic E-state index is 9.65. The largest absolute Gasteiger partial charge is 0.493 e. The van der Waals surface area contributed by atoms with Crippen LogP contribution in [0.5, 0.6) is 23.0 Å². The summed E-state index contributed by atoms with van der Waals surface area (Å²) in [6.07, 6.45) is 6.54. The Bertz CT molecular complexity index is 808. The van der Waals surface area contributed by atoms with Crippen LogP contribution in [0, 0.1) is 0 Å². The van der Waals surface area contributed by atoms with Crippen LogP contribution < -0.4 is 18.9 Å². The topological polar surface area (TPSA) is 57.2 Å². The molecule has 2 aromatic rings. The molecule has 27 heavy (non-hydrogen) atoms. The second-order valence-electron chi connectivity index (χ2n) is 5.79. The van der Waals surface area contributed by atoms with Crippen LogP contribution in [0.25, 0.3) is 6.08 Å². The first-order valence-corrected chi connectivity index (χ1v) is 8.56. The smallest absolute Gasteiger partial charge is 0.161 e. The Morgan fingerprint density at radius 1 is 0.815 bits per heavy atom. The van der Waals surface area contributed by atoms with Crippen LogP contribution in [0.3, 0.4) is 0 Å². The first-order valence-electron chi connectivity index (χ1n) is 8.56. The van der Waals surface area contributed by atoms with Crippen LogP contribution in [0.1, 0.15) is 11.1 Å². The minimum atomic E-state index is -0.0588. The molecule has 0 bridgehead atoms. The molecule has 144 valence electrons. The Balaban J connectivity index is 2.13. The molecule has 5 nitrogen and oxygen atoms in total. The Hall–Kier alpha value is -2.92. The molecule has 0 aliphatic carbocycles. The van der Waals surface area contributed by atoms with Crippen molar-refractivity contribution in [3.63, 3.8) is 0 Å². The SMILES string of the molecule is COc1ccc(/C=C(/C=C/Cc2ccc(OC)c(OC)c2)CO)cc1OC. The molecule has 0 fully saturated rings. The number of benzene rings is 2. The van der Waals surface area contributed by atoms with E-state index in [2.05, 4.69) is 0 Å². The third-order valence-corrected chi connectivity index (χ3v) is 4.08. The molecule has 0 heterocycles. The second-order valence-corrected chi connectivity index (χ2v) is 5.79. The van der Waals surface area contributed by atoms with Crippen molar-refractivity contribution in [1.82, 2.24) is 0 Å². The van der Waals surface area contributed by atoms with E-state index in [1.165, 1.54) is 0 Å². The molecule has 0 saturated carbocycles. The quantitative estimate of drug-likeness (QED) is 0.679. The van der Waals surface area contributed by atoms with Crippen molar-refractivity contribution in [2.75, 3.05) is 35.0 Å². The maximum Gasteiger partial charge on any atom is 0.161 e. The average Bonchev–Trinajstić information content (AvgIpc) is 2.72. The van der Waals surface area contributed by atoms with Gasteiger partial charge in [-0.25, -0.2) is 0 Å². The number of hydrogen-bond acceptors (Lipinski definition) is 5. The molecule has 0 amide bonds. The molecule has 0 unspecified atom stereocenters. The number of methoxy groups -OCH3 is 4. The van der Waals surface area contributed by atoms with Gasteiger partial charge in [0.15, 0.2) is 23.0 Å². The zero-order chi connectivity index (χ0) is 19.6. The molecule has 0 aromatic heterocycles. The first kappa shape index (κ1) is 20.4. The fraction of sp³-hybridized carbons (Fsp3) is 0.273. The molecule has 0 aliphatic rings. The van der Waals surface area contributed by atoms with Crippen molar-refractivity contribution in [3.05, 3.63) is 65.3 Å². The molecular weight excluding hydrogens is 344 g/mol. The van der Waals surface area contributed by atoms with Crippen LogP contribution in [0.2, 0.25) is 0 Å². The number of aliphatic hydroxyl groups excluding tert-OH is 1. The van der Waals surface area contributed by atoms with Gasteiger partial charge in [0.1, 0.15) is 0 Å². The summed E-state index contributed by atoms with van der Waals surface area (Å²) in [6, 6.07) is 11.4. The van der Waals surface area contributed by atoms with E-state index in [-0.39, 0.29) is 6.61 Å². The normalized spacial score (nSPS) is 11.5. The lowest BCUT2D eigenvalue weighted by Crippen LogP contribution is -1.93. The summed E-state index contributed by atoms with van der Waals surface area (Å²) in [5.74, 6) is 2.73. The molecule has 1 N–H and O–H groups in total. The lowest BCUT2D eigenvalue weighted by molar-refractivity contribution is 0.336. The Labute approximate surface area is 160 Å². The van der Waals surface area contributed by atoms with Crippen LogP contribution in [-0.4, -0.2) is 40.2 Å². The van der Waals surface area contributed by atoms with E-state index in [1.807, 2.05) is 54.6 Å². The predicted octanol–water partition coefficient (Wildman–Crippen LogP) is 3.90. The van der Waals surface area contributed by atoms with Gasteiger partial charge in [-0.3, -0.25) is 0 Å². The lowest BCUT2D eigenvalue weighted by atomic mass is 10.1. The highest BCUT2D eigenvalue weighted by atomic mass is 16.5. The predicted molar refractivity (Wildman–Crippen MR) is 107 cm³/mol. The van der Waals surface area contributed by atoms with Gasteiger partial charge in [-0.2, -0.15) is 0 Å². The second kappa shape index (κ2) is 10.3. The van der Waals surface area contributed by atoms with E-state index < -0.39 is 0 Å². The van der Waals surface area contributed by atoms with Gasteiger partial charge in [0.05, 0.1) is 35.0 Å². The molecule has 0 aliphatic heterocycles. The van der Waals surface area contributed by atoms with Crippen molar-refractivity contribution < 1.29 is 24.1 Å². The van der Waals surface area contributed by atoms with E-state index in [9.17, 15) is 5.11 Å². The summed E-state index contributed by atoms with van der Waals surface area (Å²) in [4.78, 5) is 0. The van der Waals surface area contributed by atoms with E-state index in [4.69, 9.17) is 18.9 Å². The molecule has 0 spiro atoms.